The highest BCUT2D eigenvalue weighted by Crippen LogP contribution is 2.50. The van der Waals surface area contributed by atoms with Gasteiger partial charge < -0.3 is 26.4 Å². The zero-order valence-electron chi connectivity index (χ0n) is 22.2. The summed E-state index contributed by atoms with van der Waals surface area (Å²) in [6.45, 7) is 4.87. The van der Waals surface area contributed by atoms with Crippen molar-refractivity contribution in [2.45, 2.75) is 43.9 Å². The van der Waals surface area contributed by atoms with Gasteiger partial charge in [-0.1, -0.05) is 24.3 Å². The fourth-order valence-electron chi connectivity index (χ4n) is 4.11. The van der Waals surface area contributed by atoms with Gasteiger partial charge in [-0.15, -0.1) is 0 Å². The van der Waals surface area contributed by atoms with E-state index >= 15 is 0 Å². The molecular weight excluding hydrogens is 563 g/mol. The summed E-state index contributed by atoms with van der Waals surface area (Å²) in [5, 5.41) is 14.4. The van der Waals surface area contributed by atoms with Crippen LogP contribution in [0.25, 0.3) is 0 Å². The van der Waals surface area contributed by atoms with Crippen molar-refractivity contribution in [1.29, 1.82) is 0 Å². The van der Waals surface area contributed by atoms with E-state index in [9.17, 15) is 45.4 Å². The predicted molar refractivity (Wildman–Crippen MR) is 135 cm³/mol. The van der Waals surface area contributed by atoms with Crippen LogP contribution in [-0.4, -0.2) is 77.5 Å². The average molecular weight is 594 g/mol. The molecule has 0 radical (unpaired) electrons. The summed E-state index contributed by atoms with van der Waals surface area (Å²) in [7, 11) is 0. The van der Waals surface area contributed by atoms with Gasteiger partial charge in [-0.2, -0.15) is 26.3 Å². The van der Waals surface area contributed by atoms with Crippen LogP contribution in [0, 0.1) is 5.82 Å². The molecule has 0 bridgehead atoms. The standard InChI is InChI=1S/C26H30F7N5O3/c1-23(2,34)15-35-22(40)36-20-8-5-17(13-19(20)27)21(39)38-11-9-37(10-12-38)14-16-3-6-18(7-4-16)24(41,25(28,29)30)26(31,32)33/h3-8,13,41H,9-12,14-15,34H2,1-2H3,(H2,35,36,40). The van der Waals surface area contributed by atoms with Crippen LogP contribution in [0.3, 0.4) is 0 Å². The number of hydrogen-bond acceptors (Lipinski definition) is 5. The molecule has 1 aliphatic rings. The van der Waals surface area contributed by atoms with E-state index < -0.39 is 46.8 Å². The minimum Gasteiger partial charge on any atom is -0.369 e. The van der Waals surface area contributed by atoms with Gasteiger partial charge in [-0.3, -0.25) is 9.69 Å². The van der Waals surface area contributed by atoms with Crippen LogP contribution < -0.4 is 16.4 Å². The summed E-state index contributed by atoms with van der Waals surface area (Å²) >= 11 is 0. The Kier molecular flexibility index (Phi) is 9.25. The van der Waals surface area contributed by atoms with E-state index in [-0.39, 0.29) is 37.4 Å². The number of hydrogen-bond donors (Lipinski definition) is 4. The van der Waals surface area contributed by atoms with Crippen molar-refractivity contribution in [1.82, 2.24) is 15.1 Å². The lowest BCUT2D eigenvalue weighted by molar-refractivity contribution is -0.376. The Bertz CT molecular complexity index is 1220. The number of carbonyl (C=O) groups is 2. The average Bonchev–Trinajstić information content (AvgIpc) is 2.87. The number of piperazine rings is 1. The number of carbonyl (C=O) groups excluding carboxylic acids is 2. The summed E-state index contributed by atoms with van der Waals surface area (Å²) in [5.74, 6) is -1.27. The minimum absolute atomic E-state index is 0.0578. The molecule has 1 saturated heterocycles. The van der Waals surface area contributed by atoms with Crippen LogP contribution in [0.2, 0.25) is 0 Å². The number of nitrogens with zero attached hydrogens (tertiary/aromatic N) is 2. The molecule has 2 aromatic carbocycles. The highest BCUT2D eigenvalue weighted by Gasteiger charge is 2.71. The Balaban J connectivity index is 1.56. The molecule has 0 atom stereocenters. The first-order valence-corrected chi connectivity index (χ1v) is 12.4. The number of nitrogens with two attached hydrogens (primary N) is 1. The maximum absolute atomic E-state index is 14.6. The molecule has 0 saturated carbocycles. The molecule has 1 fully saturated rings. The summed E-state index contributed by atoms with van der Waals surface area (Å²) in [5.41, 5.74) is -0.883. The minimum atomic E-state index is -5.97. The smallest absolute Gasteiger partial charge is 0.369 e. The Morgan fingerprint density at radius 1 is 0.927 bits per heavy atom. The summed E-state index contributed by atoms with van der Waals surface area (Å²) in [6, 6.07) is 6.29. The van der Waals surface area contributed by atoms with Crippen molar-refractivity contribution in [3.63, 3.8) is 0 Å². The van der Waals surface area contributed by atoms with E-state index in [0.29, 0.717) is 30.8 Å². The fraction of sp³-hybridized carbons (Fsp3) is 0.462. The Hall–Kier alpha value is -3.43. The number of aliphatic hydroxyl groups is 1. The molecule has 5 N–H and O–H groups in total. The van der Waals surface area contributed by atoms with Gasteiger partial charge in [-0.05, 0) is 37.6 Å². The van der Waals surface area contributed by atoms with Crippen molar-refractivity contribution in [2.75, 3.05) is 38.0 Å². The van der Waals surface area contributed by atoms with Gasteiger partial charge in [0.15, 0.2) is 0 Å². The zero-order valence-corrected chi connectivity index (χ0v) is 22.2. The van der Waals surface area contributed by atoms with Crippen LogP contribution >= 0.6 is 0 Å². The number of nitrogens with one attached hydrogen (secondary N) is 2. The van der Waals surface area contributed by atoms with E-state index in [2.05, 4.69) is 10.6 Å². The van der Waals surface area contributed by atoms with Crippen LogP contribution in [0.4, 0.5) is 41.2 Å². The molecule has 3 amide bonds. The monoisotopic (exact) mass is 593 g/mol. The van der Waals surface area contributed by atoms with Crippen molar-refractivity contribution in [3.05, 3.63) is 65.0 Å². The first-order chi connectivity index (χ1) is 18.8. The number of alkyl halides is 6. The van der Waals surface area contributed by atoms with Crippen molar-refractivity contribution >= 4 is 17.6 Å². The Labute approximate surface area is 231 Å². The Morgan fingerprint density at radius 2 is 1.49 bits per heavy atom. The van der Waals surface area contributed by atoms with Gasteiger partial charge in [0.05, 0.1) is 5.69 Å². The number of amides is 3. The topological polar surface area (TPSA) is 111 Å². The van der Waals surface area contributed by atoms with E-state index in [1.807, 2.05) is 4.90 Å². The summed E-state index contributed by atoms with van der Waals surface area (Å²) < 4.78 is 93.1. The van der Waals surface area contributed by atoms with Crippen LogP contribution in [0.5, 0.6) is 0 Å². The molecule has 8 nitrogen and oxygen atoms in total. The maximum Gasteiger partial charge on any atom is 0.430 e. The normalized spacial score (nSPS) is 15.5. The second kappa shape index (κ2) is 11.8. The molecule has 15 heteroatoms. The molecule has 0 aliphatic carbocycles. The van der Waals surface area contributed by atoms with E-state index in [0.717, 1.165) is 18.2 Å². The number of benzene rings is 2. The largest absolute Gasteiger partial charge is 0.430 e. The molecule has 3 rings (SSSR count). The third kappa shape index (κ3) is 7.65. The molecule has 2 aromatic rings. The predicted octanol–water partition coefficient (Wildman–Crippen LogP) is 3.95. The zero-order chi connectivity index (χ0) is 30.8. The van der Waals surface area contributed by atoms with Crippen LogP contribution in [0.15, 0.2) is 42.5 Å². The SMILES string of the molecule is CC(C)(N)CNC(=O)Nc1ccc(C(=O)N2CCN(Cc3ccc(C(O)(C(F)(F)F)C(F)(F)F)cc3)CC2)cc1F. The summed E-state index contributed by atoms with van der Waals surface area (Å²) in [6.07, 6.45) is -11.9. The lowest BCUT2D eigenvalue weighted by Gasteiger charge is -2.35. The number of rotatable bonds is 7. The van der Waals surface area contributed by atoms with Crippen molar-refractivity contribution in [3.8, 4) is 0 Å². The lowest BCUT2D eigenvalue weighted by atomic mass is 9.91. The second-order valence-electron chi connectivity index (χ2n) is 10.5. The third-order valence-corrected chi connectivity index (χ3v) is 6.43. The van der Waals surface area contributed by atoms with Gasteiger partial charge in [0, 0.05) is 55.9 Å². The number of urea groups is 1. The molecule has 0 unspecified atom stereocenters. The first-order valence-electron chi connectivity index (χ1n) is 12.4. The number of anilines is 1. The van der Waals surface area contributed by atoms with Crippen LogP contribution in [0.1, 0.15) is 35.3 Å². The van der Waals surface area contributed by atoms with Crippen molar-refractivity contribution < 1.29 is 45.4 Å². The molecule has 0 spiro atoms. The highest BCUT2D eigenvalue weighted by molar-refractivity contribution is 5.95. The second-order valence-corrected chi connectivity index (χ2v) is 10.5. The summed E-state index contributed by atoms with van der Waals surface area (Å²) in [4.78, 5) is 28.1. The molecule has 1 heterocycles. The van der Waals surface area contributed by atoms with E-state index in [1.54, 1.807) is 13.8 Å². The molecule has 226 valence electrons. The first kappa shape index (κ1) is 32.1. The molecule has 0 aromatic heterocycles. The third-order valence-electron chi connectivity index (χ3n) is 6.43. The van der Waals surface area contributed by atoms with E-state index in [4.69, 9.17) is 5.73 Å². The molecular formula is C26H30F7N5O3. The van der Waals surface area contributed by atoms with Gasteiger partial charge in [0.2, 0.25) is 0 Å². The van der Waals surface area contributed by atoms with Gasteiger partial charge in [0.25, 0.3) is 11.5 Å². The lowest BCUT2D eigenvalue weighted by Crippen LogP contribution is -2.53. The van der Waals surface area contributed by atoms with Gasteiger partial charge in [0.1, 0.15) is 5.82 Å². The maximum atomic E-state index is 14.6. The molecule has 41 heavy (non-hydrogen) atoms. The van der Waals surface area contributed by atoms with Crippen LogP contribution in [-0.2, 0) is 12.1 Å². The molecule has 1 aliphatic heterocycles. The fourth-order valence-corrected chi connectivity index (χ4v) is 4.11. The quantitative estimate of drug-likeness (QED) is 0.364. The number of halogens is 7. The highest BCUT2D eigenvalue weighted by atomic mass is 19.4. The van der Waals surface area contributed by atoms with Gasteiger partial charge >= 0.3 is 18.4 Å². The van der Waals surface area contributed by atoms with Crippen molar-refractivity contribution in [2.24, 2.45) is 5.73 Å². The van der Waals surface area contributed by atoms with Gasteiger partial charge in [-0.25, -0.2) is 9.18 Å². The Morgan fingerprint density at radius 3 is 1.98 bits per heavy atom. The van der Waals surface area contributed by atoms with E-state index in [1.165, 1.54) is 17.0 Å².